The molecule has 0 saturated carbocycles. The Labute approximate surface area is 221 Å². The van der Waals surface area contributed by atoms with Gasteiger partial charge in [0.2, 0.25) is 23.6 Å². The van der Waals surface area contributed by atoms with Gasteiger partial charge in [-0.3, -0.25) is 24.3 Å². The molecule has 1 aliphatic rings. The Bertz CT molecular complexity index is 1270. The number of fused-ring (bicyclic) bond motifs is 1. The normalized spacial score (nSPS) is 14.6. The van der Waals surface area contributed by atoms with Crippen molar-refractivity contribution in [2.24, 2.45) is 0 Å². The van der Waals surface area contributed by atoms with Gasteiger partial charge in [0, 0.05) is 31.4 Å². The molecule has 200 valence electrons. The highest BCUT2D eigenvalue weighted by molar-refractivity contribution is 5.95. The molecular formula is C28H34N6O4. The van der Waals surface area contributed by atoms with Crippen LogP contribution in [0.15, 0.2) is 54.7 Å². The Kier molecular flexibility index (Phi) is 9.07. The smallest absolute Gasteiger partial charge is 0.243 e. The van der Waals surface area contributed by atoms with Crippen molar-refractivity contribution in [1.82, 2.24) is 31.0 Å². The average molecular weight is 519 g/mol. The summed E-state index contributed by atoms with van der Waals surface area (Å²) in [7, 11) is 0. The maximum Gasteiger partial charge on any atom is 0.243 e. The van der Waals surface area contributed by atoms with Crippen LogP contribution in [-0.2, 0) is 32.1 Å². The van der Waals surface area contributed by atoms with E-state index in [1.54, 1.807) is 18.0 Å². The first-order valence-electron chi connectivity index (χ1n) is 13.0. The van der Waals surface area contributed by atoms with E-state index in [0.717, 1.165) is 34.9 Å². The third-order valence-corrected chi connectivity index (χ3v) is 6.74. The molecule has 0 bridgehead atoms. The van der Waals surface area contributed by atoms with Gasteiger partial charge in [0.05, 0.1) is 18.1 Å². The highest BCUT2D eigenvalue weighted by atomic mass is 16.2. The minimum absolute atomic E-state index is 0.154. The van der Waals surface area contributed by atoms with E-state index in [9.17, 15) is 19.2 Å². The molecule has 38 heavy (non-hydrogen) atoms. The Morgan fingerprint density at radius 1 is 0.974 bits per heavy atom. The van der Waals surface area contributed by atoms with Crippen LogP contribution < -0.4 is 16.0 Å². The number of rotatable bonds is 11. The Hall–Kier alpha value is -4.21. The lowest BCUT2D eigenvalue weighted by molar-refractivity contribution is -0.136. The summed E-state index contributed by atoms with van der Waals surface area (Å²) in [6.45, 7) is 3.13. The predicted molar refractivity (Wildman–Crippen MR) is 143 cm³/mol. The minimum atomic E-state index is -1.07. The minimum Gasteiger partial charge on any atom is -0.350 e. The quantitative estimate of drug-likeness (QED) is 0.307. The lowest BCUT2D eigenvalue weighted by atomic mass is 10.1. The summed E-state index contributed by atoms with van der Waals surface area (Å²) in [4.78, 5) is 53.1. The van der Waals surface area contributed by atoms with Gasteiger partial charge in [-0.1, -0.05) is 48.5 Å². The van der Waals surface area contributed by atoms with Gasteiger partial charge in [-0.15, -0.1) is 0 Å². The number of hydrogen-bond acceptors (Lipinski definition) is 5. The van der Waals surface area contributed by atoms with Gasteiger partial charge in [-0.25, -0.2) is 0 Å². The van der Waals surface area contributed by atoms with Gasteiger partial charge in [-0.05, 0) is 37.3 Å². The predicted octanol–water partition coefficient (Wildman–Crippen LogP) is 1.81. The van der Waals surface area contributed by atoms with Gasteiger partial charge in [0.1, 0.15) is 12.1 Å². The number of amides is 4. The zero-order chi connectivity index (χ0) is 26.9. The largest absolute Gasteiger partial charge is 0.350 e. The molecule has 2 atom stereocenters. The molecule has 4 N–H and O–H groups in total. The van der Waals surface area contributed by atoms with Crippen molar-refractivity contribution >= 4 is 34.5 Å². The second kappa shape index (κ2) is 12.8. The summed E-state index contributed by atoms with van der Waals surface area (Å²) >= 11 is 0. The number of carbonyl (C=O) groups excluding carboxylic acids is 4. The van der Waals surface area contributed by atoms with Crippen LogP contribution in [0, 0.1) is 0 Å². The zero-order valence-electron chi connectivity index (χ0n) is 21.5. The number of nitrogens with zero attached hydrogens (tertiary/aromatic N) is 2. The standard InChI is InChI=1S/C28H34N6O4/c1-19(27(37)29-17-21-10-7-11-22-18-30-33-26(21)22)31-28(38)23(16-25(36)34-14-5-6-15-34)32-24(35)13-12-20-8-3-2-4-9-20/h2-4,7-11,18-19,23H,5-6,12-17H2,1H3,(H,29,37)(H,30,33)(H,31,38)(H,32,35). The number of carbonyl (C=O) groups is 4. The van der Waals surface area contributed by atoms with Crippen molar-refractivity contribution < 1.29 is 19.2 Å². The van der Waals surface area contributed by atoms with Crippen LogP contribution in [0.2, 0.25) is 0 Å². The molecule has 4 rings (SSSR count). The van der Waals surface area contributed by atoms with Gasteiger partial charge in [-0.2, -0.15) is 5.10 Å². The lowest BCUT2D eigenvalue weighted by Gasteiger charge is -2.23. The number of aromatic amines is 1. The molecule has 0 spiro atoms. The molecule has 2 unspecified atom stereocenters. The Morgan fingerprint density at radius 2 is 1.74 bits per heavy atom. The number of aryl methyl sites for hydroxylation is 1. The number of aromatic nitrogens is 2. The molecule has 10 heteroatoms. The monoisotopic (exact) mass is 518 g/mol. The van der Waals surface area contributed by atoms with E-state index in [2.05, 4.69) is 26.1 Å². The third kappa shape index (κ3) is 7.18. The van der Waals surface area contributed by atoms with Gasteiger partial charge in [0.25, 0.3) is 0 Å². The maximum atomic E-state index is 13.1. The molecule has 1 saturated heterocycles. The van der Waals surface area contributed by atoms with Crippen LogP contribution in [0.3, 0.4) is 0 Å². The molecule has 1 aromatic heterocycles. The summed E-state index contributed by atoms with van der Waals surface area (Å²) in [5.74, 6) is -1.46. The summed E-state index contributed by atoms with van der Waals surface area (Å²) in [5.41, 5.74) is 2.71. The topological polar surface area (TPSA) is 136 Å². The Balaban J connectivity index is 1.34. The SMILES string of the molecule is CC(NC(=O)C(CC(=O)N1CCCC1)NC(=O)CCc1ccccc1)C(=O)NCc1cccc2cn[nH]c12. The fraction of sp³-hybridized carbons (Fsp3) is 0.393. The average Bonchev–Trinajstić information content (AvgIpc) is 3.63. The molecule has 0 aliphatic carbocycles. The second-order valence-electron chi connectivity index (χ2n) is 9.60. The highest BCUT2D eigenvalue weighted by Gasteiger charge is 2.29. The number of benzene rings is 2. The van der Waals surface area contributed by atoms with Crippen LogP contribution >= 0.6 is 0 Å². The van der Waals surface area contributed by atoms with E-state index >= 15 is 0 Å². The van der Waals surface area contributed by atoms with Crippen molar-refractivity contribution in [3.8, 4) is 0 Å². The molecule has 2 heterocycles. The van der Waals surface area contributed by atoms with E-state index in [-0.39, 0.29) is 37.1 Å². The van der Waals surface area contributed by atoms with E-state index < -0.39 is 18.0 Å². The molecule has 0 radical (unpaired) electrons. The van der Waals surface area contributed by atoms with E-state index in [1.807, 2.05) is 48.5 Å². The van der Waals surface area contributed by atoms with Gasteiger partial charge < -0.3 is 20.9 Å². The highest BCUT2D eigenvalue weighted by Crippen LogP contribution is 2.15. The molecular weight excluding hydrogens is 484 g/mol. The molecule has 3 aromatic rings. The molecule has 4 amide bonds. The van der Waals surface area contributed by atoms with E-state index in [4.69, 9.17) is 0 Å². The Morgan fingerprint density at radius 3 is 2.50 bits per heavy atom. The van der Waals surface area contributed by atoms with Crippen LogP contribution in [0.25, 0.3) is 10.9 Å². The first kappa shape index (κ1) is 26.8. The molecule has 1 fully saturated rings. The summed E-state index contributed by atoms with van der Waals surface area (Å²) in [6.07, 6.45) is 4.11. The number of likely N-dealkylation sites (tertiary alicyclic amines) is 1. The van der Waals surface area contributed by atoms with E-state index in [0.29, 0.717) is 19.5 Å². The van der Waals surface area contributed by atoms with E-state index in [1.165, 1.54) is 0 Å². The second-order valence-corrected chi connectivity index (χ2v) is 9.60. The number of para-hydroxylation sites is 1. The fourth-order valence-corrected chi connectivity index (χ4v) is 4.54. The molecule has 2 aromatic carbocycles. The van der Waals surface area contributed by atoms with Crippen LogP contribution in [-0.4, -0.2) is 63.9 Å². The number of nitrogens with one attached hydrogen (secondary N) is 4. The van der Waals surface area contributed by atoms with Crippen molar-refractivity contribution in [1.29, 1.82) is 0 Å². The maximum absolute atomic E-state index is 13.1. The fourth-order valence-electron chi connectivity index (χ4n) is 4.54. The third-order valence-electron chi connectivity index (χ3n) is 6.74. The van der Waals surface area contributed by atoms with Gasteiger partial charge >= 0.3 is 0 Å². The van der Waals surface area contributed by atoms with Crippen LogP contribution in [0.4, 0.5) is 0 Å². The van der Waals surface area contributed by atoms with Gasteiger partial charge in [0.15, 0.2) is 0 Å². The molecule has 1 aliphatic heterocycles. The van der Waals surface area contributed by atoms with Crippen LogP contribution in [0.5, 0.6) is 0 Å². The molecule has 10 nitrogen and oxygen atoms in total. The number of H-pyrrole nitrogens is 1. The lowest BCUT2D eigenvalue weighted by Crippen LogP contribution is -2.54. The van der Waals surface area contributed by atoms with Crippen molar-refractivity contribution in [3.63, 3.8) is 0 Å². The number of hydrogen-bond donors (Lipinski definition) is 4. The van der Waals surface area contributed by atoms with Crippen molar-refractivity contribution in [3.05, 3.63) is 65.9 Å². The summed E-state index contributed by atoms with van der Waals surface area (Å²) in [5, 5.41) is 16.1. The van der Waals surface area contributed by atoms with Crippen molar-refractivity contribution in [2.75, 3.05) is 13.1 Å². The zero-order valence-corrected chi connectivity index (χ0v) is 21.5. The first-order valence-corrected chi connectivity index (χ1v) is 13.0. The summed E-state index contributed by atoms with van der Waals surface area (Å²) in [6, 6.07) is 13.3. The van der Waals surface area contributed by atoms with Crippen LogP contribution in [0.1, 0.15) is 43.7 Å². The summed E-state index contributed by atoms with van der Waals surface area (Å²) < 4.78 is 0. The first-order chi connectivity index (χ1) is 18.4. The van der Waals surface area contributed by atoms with Crippen molar-refractivity contribution in [2.45, 2.75) is 57.7 Å².